The highest BCUT2D eigenvalue weighted by atomic mass is 32.2. The second-order valence-corrected chi connectivity index (χ2v) is 8.47. The maximum Gasteiger partial charge on any atom is 0.240 e. The van der Waals surface area contributed by atoms with Gasteiger partial charge in [-0.2, -0.15) is 0 Å². The van der Waals surface area contributed by atoms with E-state index >= 15 is 0 Å². The largest absolute Gasteiger partial charge is 0.299 e. The molecule has 0 bridgehead atoms. The van der Waals surface area contributed by atoms with Gasteiger partial charge in [0.05, 0.1) is 4.90 Å². The van der Waals surface area contributed by atoms with Gasteiger partial charge in [-0.1, -0.05) is 31.5 Å². The summed E-state index contributed by atoms with van der Waals surface area (Å²) in [6.45, 7) is 6.25. The molecule has 1 aromatic carbocycles. The maximum atomic E-state index is 12.2. The van der Waals surface area contributed by atoms with Crippen LogP contribution in [0.5, 0.6) is 0 Å². The zero-order valence-electron chi connectivity index (χ0n) is 12.8. The molecular weight excluding hydrogens is 286 g/mol. The van der Waals surface area contributed by atoms with Crippen molar-refractivity contribution in [3.05, 3.63) is 29.8 Å². The number of carbonyl (C=O) groups excluding carboxylic acids is 1. The minimum Gasteiger partial charge on any atom is -0.299 e. The number of rotatable bonds is 6. The van der Waals surface area contributed by atoms with Crippen molar-refractivity contribution in [3.8, 4) is 0 Å². The van der Waals surface area contributed by atoms with E-state index in [1.807, 2.05) is 20.8 Å². The normalized spacial score (nSPS) is 19.4. The smallest absolute Gasteiger partial charge is 0.240 e. The second kappa shape index (κ2) is 5.89. The van der Waals surface area contributed by atoms with Crippen molar-refractivity contribution >= 4 is 15.8 Å². The van der Waals surface area contributed by atoms with Gasteiger partial charge in [-0.05, 0) is 37.3 Å². The zero-order chi connectivity index (χ0) is 15.7. The summed E-state index contributed by atoms with van der Waals surface area (Å²) in [6, 6.07) is 6.79. The Morgan fingerprint density at radius 1 is 1.24 bits per heavy atom. The number of carbonyl (C=O) groups is 1. The van der Waals surface area contributed by atoms with Gasteiger partial charge < -0.3 is 0 Å². The molecule has 1 unspecified atom stereocenters. The van der Waals surface area contributed by atoms with Crippen LogP contribution in [-0.2, 0) is 14.8 Å². The van der Waals surface area contributed by atoms with Crippen LogP contribution in [0.25, 0.3) is 0 Å². The van der Waals surface area contributed by atoms with Crippen LogP contribution in [0.2, 0.25) is 0 Å². The van der Waals surface area contributed by atoms with Crippen LogP contribution >= 0.6 is 0 Å². The van der Waals surface area contributed by atoms with E-state index in [2.05, 4.69) is 4.72 Å². The Hall–Kier alpha value is -1.20. The first-order chi connectivity index (χ1) is 9.70. The van der Waals surface area contributed by atoms with Crippen LogP contribution in [0.3, 0.4) is 0 Å². The molecule has 0 amide bonds. The summed E-state index contributed by atoms with van der Waals surface area (Å²) in [5, 5.41) is 0. The maximum absolute atomic E-state index is 12.2. The van der Waals surface area contributed by atoms with Crippen LogP contribution in [-0.4, -0.2) is 20.7 Å². The molecular formula is C16H23NO3S. The molecule has 21 heavy (non-hydrogen) atoms. The number of sulfonamides is 1. The monoisotopic (exact) mass is 309 g/mol. The lowest BCUT2D eigenvalue weighted by atomic mass is 9.73. The molecule has 4 nitrogen and oxygen atoms in total. The van der Waals surface area contributed by atoms with Crippen molar-refractivity contribution in [1.82, 2.24) is 4.72 Å². The number of Topliss-reactive ketones (excluding diaryl/α,β-unsaturated/α-hetero) is 1. The average molecular weight is 309 g/mol. The molecule has 0 aromatic heterocycles. The SMILES string of the molecule is Cc1ccc(S(=O)(=O)NCC(C)(C)CC2CCC2=O)cc1. The molecule has 0 aliphatic heterocycles. The van der Waals surface area contributed by atoms with Crippen LogP contribution in [0.4, 0.5) is 0 Å². The molecule has 0 radical (unpaired) electrons. The van der Waals surface area contributed by atoms with Crippen LogP contribution in [0, 0.1) is 18.3 Å². The first kappa shape index (κ1) is 16.2. The van der Waals surface area contributed by atoms with E-state index in [1.54, 1.807) is 24.3 Å². The summed E-state index contributed by atoms with van der Waals surface area (Å²) in [5.41, 5.74) is 0.802. The van der Waals surface area contributed by atoms with E-state index in [-0.39, 0.29) is 16.2 Å². The third-order valence-electron chi connectivity index (χ3n) is 4.07. The fourth-order valence-electron chi connectivity index (χ4n) is 2.51. The van der Waals surface area contributed by atoms with Gasteiger partial charge in [0.1, 0.15) is 5.78 Å². The summed E-state index contributed by atoms with van der Waals surface area (Å²) < 4.78 is 27.2. The Labute approximate surface area is 127 Å². The highest BCUT2D eigenvalue weighted by molar-refractivity contribution is 7.89. The number of benzene rings is 1. The highest BCUT2D eigenvalue weighted by Crippen LogP contribution is 2.34. The summed E-state index contributed by atoms with van der Waals surface area (Å²) in [6.07, 6.45) is 2.35. The van der Waals surface area contributed by atoms with Crippen LogP contribution in [0.15, 0.2) is 29.2 Å². The van der Waals surface area contributed by atoms with Crippen molar-refractivity contribution < 1.29 is 13.2 Å². The molecule has 1 atom stereocenters. The lowest BCUT2D eigenvalue weighted by Crippen LogP contribution is -2.38. The minimum atomic E-state index is -3.48. The van der Waals surface area contributed by atoms with Crippen molar-refractivity contribution in [1.29, 1.82) is 0 Å². The molecule has 1 N–H and O–H groups in total. The standard InChI is InChI=1S/C16H23NO3S/c1-12-4-7-14(8-5-12)21(19,20)17-11-16(2,3)10-13-6-9-15(13)18/h4-5,7-8,13,17H,6,9-11H2,1-3H3. The molecule has 1 aliphatic rings. The zero-order valence-corrected chi connectivity index (χ0v) is 13.7. The number of nitrogens with one attached hydrogen (secondary N) is 1. The third-order valence-corrected chi connectivity index (χ3v) is 5.48. The van der Waals surface area contributed by atoms with Gasteiger partial charge in [0.2, 0.25) is 10.0 Å². The minimum absolute atomic E-state index is 0.115. The lowest BCUT2D eigenvalue weighted by molar-refractivity contribution is -0.130. The van der Waals surface area contributed by atoms with E-state index in [9.17, 15) is 13.2 Å². The Morgan fingerprint density at radius 3 is 2.33 bits per heavy atom. The predicted molar refractivity (Wildman–Crippen MR) is 82.5 cm³/mol. The number of aryl methyl sites for hydroxylation is 1. The van der Waals surface area contributed by atoms with Gasteiger partial charge in [-0.25, -0.2) is 13.1 Å². The van der Waals surface area contributed by atoms with Gasteiger partial charge in [-0.15, -0.1) is 0 Å². The lowest BCUT2D eigenvalue weighted by Gasteiger charge is -2.33. The Bertz CT molecular complexity index is 617. The second-order valence-electron chi connectivity index (χ2n) is 6.71. The van der Waals surface area contributed by atoms with E-state index in [0.29, 0.717) is 18.7 Å². The van der Waals surface area contributed by atoms with Crippen LogP contribution < -0.4 is 4.72 Å². The summed E-state index contributed by atoms with van der Waals surface area (Å²) in [5.74, 6) is 0.424. The molecule has 1 fully saturated rings. The van der Waals surface area contributed by atoms with Crippen molar-refractivity contribution in [2.75, 3.05) is 6.54 Å². The molecule has 1 saturated carbocycles. The van der Waals surface area contributed by atoms with Crippen LogP contribution in [0.1, 0.15) is 38.7 Å². The van der Waals surface area contributed by atoms with Gasteiger partial charge in [0.25, 0.3) is 0 Å². The first-order valence-corrected chi connectivity index (χ1v) is 8.77. The van der Waals surface area contributed by atoms with E-state index in [1.165, 1.54) is 0 Å². The predicted octanol–water partition coefficient (Wildman–Crippen LogP) is 2.67. The summed E-state index contributed by atoms with van der Waals surface area (Å²) in [7, 11) is -3.48. The molecule has 1 aliphatic carbocycles. The summed E-state index contributed by atoms with van der Waals surface area (Å²) in [4.78, 5) is 11.7. The van der Waals surface area contributed by atoms with E-state index < -0.39 is 10.0 Å². The van der Waals surface area contributed by atoms with Crippen molar-refractivity contribution in [3.63, 3.8) is 0 Å². The van der Waals surface area contributed by atoms with Gasteiger partial charge in [-0.3, -0.25) is 4.79 Å². The highest BCUT2D eigenvalue weighted by Gasteiger charge is 2.34. The summed E-state index contributed by atoms with van der Waals surface area (Å²) >= 11 is 0. The van der Waals surface area contributed by atoms with Gasteiger partial charge in [0, 0.05) is 18.9 Å². The van der Waals surface area contributed by atoms with Crippen molar-refractivity contribution in [2.45, 2.75) is 44.9 Å². The van der Waals surface area contributed by atoms with E-state index in [0.717, 1.165) is 18.4 Å². The van der Waals surface area contributed by atoms with Crippen molar-refractivity contribution in [2.24, 2.45) is 11.3 Å². The quantitative estimate of drug-likeness (QED) is 0.878. The number of hydrogen-bond donors (Lipinski definition) is 1. The number of hydrogen-bond acceptors (Lipinski definition) is 3. The molecule has 0 saturated heterocycles. The molecule has 0 heterocycles. The number of ketones is 1. The Morgan fingerprint density at radius 2 is 1.86 bits per heavy atom. The van der Waals surface area contributed by atoms with Gasteiger partial charge in [0.15, 0.2) is 0 Å². The van der Waals surface area contributed by atoms with Gasteiger partial charge >= 0.3 is 0 Å². The molecule has 116 valence electrons. The molecule has 2 rings (SSSR count). The fraction of sp³-hybridized carbons (Fsp3) is 0.562. The third kappa shape index (κ3) is 4.14. The topological polar surface area (TPSA) is 63.2 Å². The first-order valence-electron chi connectivity index (χ1n) is 7.29. The molecule has 0 spiro atoms. The average Bonchev–Trinajstić information content (AvgIpc) is 2.42. The molecule has 5 heteroatoms. The fourth-order valence-corrected chi connectivity index (χ4v) is 3.75. The van der Waals surface area contributed by atoms with E-state index in [4.69, 9.17) is 0 Å². The Kier molecular flexibility index (Phi) is 4.54. The molecule has 1 aromatic rings. The Balaban J connectivity index is 1.97.